The minimum atomic E-state index is -0.159. The predicted octanol–water partition coefficient (Wildman–Crippen LogP) is 0.263. The van der Waals surface area contributed by atoms with Crippen LogP contribution in [0.5, 0.6) is 0 Å². The number of rotatable bonds is 3. The number of hydrogen-bond donors (Lipinski definition) is 2. The van der Waals surface area contributed by atoms with Gasteiger partial charge in [-0.3, -0.25) is 10.1 Å². The van der Waals surface area contributed by atoms with Crippen LogP contribution >= 0.6 is 11.8 Å². The van der Waals surface area contributed by atoms with E-state index in [0.717, 1.165) is 11.6 Å². The summed E-state index contributed by atoms with van der Waals surface area (Å²) in [6.45, 7) is 0. The van der Waals surface area contributed by atoms with Gasteiger partial charge in [0.05, 0.1) is 11.7 Å². The van der Waals surface area contributed by atoms with Gasteiger partial charge in [0.15, 0.2) is 5.82 Å². The van der Waals surface area contributed by atoms with Gasteiger partial charge in [-0.2, -0.15) is 5.10 Å². The summed E-state index contributed by atoms with van der Waals surface area (Å²) in [6, 6.07) is 3.41. The summed E-state index contributed by atoms with van der Waals surface area (Å²) in [5.41, 5.74) is 0.622. The van der Waals surface area contributed by atoms with Gasteiger partial charge >= 0.3 is 0 Å². The Morgan fingerprint density at radius 3 is 3.26 bits per heavy atom. The van der Waals surface area contributed by atoms with Crippen molar-refractivity contribution < 1.29 is 4.79 Å². The van der Waals surface area contributed by atoms with Gasteiger partial charge in [-0.1, -0.05) is 0 Å². The molecule has 0 aromatic carbocycles. The van der Waals surface area contributed by atoms with Crippen molar-refractivity contribution in [1.82, 2.24) is 25.1 Å². The summed E-state index contributed by atoms with van der Waals surface area (Å²) in [6.07, 6.45) is 4.62. The molecule has 2 aromatic rings. The van der Waals surface area contributed by atoms with E-state index < -0.39 is 0 Å². The highest BCUT2D eigenvalue weighted by molar-refractivity contribution is 7.99. The van der Waals surface area contributed by atoms with Crippen molar-refractivity contribution in [3.05, 3.63) is 31.0 Å². The van der Waals surface area contributed by atoms with Crippen LogP contribution in [-0.2, 0) is 4.79 Å². The highest BCUT2D eigenvalue weighted by Gasteiger charge is 2.23. The normalized spacial score (nSPS) is 18.4. The fourth-order valence-electron chi connectivity index (χ4n) is 1.78. The Morgan fingerprint density at radius 2 is 2.53 bits per heavy atom. The maximum Gasteiger partial charge on any atom is 0.242 e. The number of nitrogens with one attached hydrogen (secondary N) is 2. The van der Waals surface area contributed by atoms with E-state index in [4.69, 9.17) is 0 Å². The molecule has 0 radical (unpaired) electrons. The fourth-order valence-corrected chi connectivity index (χ4v) is 2.72. The van der Waals surface area contributed by atoms with Crippen molar-refractivity contribution in [3.63, 3.8) is 0 Å². The SMILES string of the molecule is O=C(Nc1cccnc1-n1cncn1)C1CSCN1. The lowest BCUT2D eigenvalue weighted by molar-refractivity contribution is -0.117. The summed E-state index contributed by atoms with van der Waals surface area (Å²) in [7, 11) is 0. The molecule has 2 aromatic heterocycles. The minimum Gasteiger partial charge on any atom is -0.322 e. The number of nitrogens with zero attached hydrogens (tertiary/aromatic N) is 4. The van der Waals surface area contributed by atoms with Crippen LogP contribution in [0.4, 0.5) is 5.69 Å². The van der Waals surface area contributed by atoms with Gasteiger partial charge in [-0.25, -0.2) is 14.6 Å². The molecule has 2 N–H and O–H groups in total. The van der Waals surface area contributed by atoms with Gasteiger partial charge < -0.3 is 5.32 Å². The van der Waals surface area contributed by atoms with Crippen molar-refractivity contribution in [2.75, 3.05) is 16.9 Å². The zero-order valence-corrected chi connectivity index (χ0v) is 10.8. The Balaban J connectivity index is 1.83. The largest absolute Gasteiger partial charge is 0.322 e. The molecule has 1 amide bonds. The molecule has 1 aliphatic rings. The van der Waals surface area contributed by atoms with Gasteiger partial charge in [-0.15, -0.1) is 11.8 Å². The van der Waals surface area contributed by atoms with Crippen LogP contribution in [-0.4, -0.2) is 43.3 Å². The van der Waals surface area contributed by atoms with E-state index in [1.807, 2.05) is 0 Å². The van der Waals surface area contributed by atoms with E-state index in [2.05, 4.69) is 25.7 Å². The van der Waals surface area contributed by atoms with Crippen LogP contribution in [0.2, 0.25) is 0 Å². The summed E-state index contributed by atoms with van der Waals surface area (Å²) in [5.74, 6) is 2.09. The summed E-state index contributed by atoms with van der Waals surface area (Å²) in [4.78, 5) is 20.2. The average molecular weight is 276 g/mol. The molecule has 7 nitrogen and oxygen atoms in total. The Morgan fingerprint density at radius 1 is 1.58 bits per heavy atom. The monoisotopic (exact) mass is 276 g/mol. The van der Waals surface area contributed by atoms with E-state index in [9.17, 15) is 4.79 Å². The van der Waals surface area contributed by atoms with E-state index in [1.165, 1.54) is 11.0 Å². The molecule has 19 heavy (non-hydrogen) atoms. The summed E-state index contributed by atoms with van der Waals surface area (Å²) < 4.78 is 1.52. The molecule has 0 aliphatic carbocycles. The quantitative estimate of drug-likeness (QED) is 0.836. The highest BCUT2D eigenvalue weighted by atomic mass is 32.2. The second kappa shape index (κ2) is 5.37. The molecular formula is C11H12N6OS. The number of amides is 1. The van der Waals surface area contributed by atoms with E-state index in [1.54, 1.807) is 36.4 Å². The van der Waals surface area contributed by atoms with Gasteiger partial charge in [0.2, 0.25) is 5.91 Å². The van der Waals surface area contributed by atoms with Gasteiger partial charge in [-0.05, 0) is 12.1 Å². The van der Waals surface area contributed by atoms with Crippen LogP contribution in [0.1, 0.15) is 0 Å². The lowest BCUT2D eigenvalue weighted by Crippen LogP contribution is -2.37. The van der Waals surface area contributed by atoms with Crippen LogP contribution < -0.4 is 10.6 Å². The van der Waals surface area contributed by atoms with Gasteiger partial charge in [0, 0.05) is 17.8 Å². The Bertz CT molecular complexity index is 566. The number of pyridine rings is 1. The molecule has 3 rings (SSSR count). The molecule has 3 heterocycles. The predicted molar refractivity (Wildman–Crippen MR) is 72.0 cm³/mol. The molecule has 1 unspecified atom stereocenters. The summed E-state index contributed by atoms with van der Waals surface area (Å²) in [5, 5.41) is 10.0. The summed E-state index contributed by atoms with van der Waals surface area (Å²) >= 11 is 1.71. The molecular weight excluding hydrogens is 264 g/mol. The van der Waals surface area contributed by atoms with E-state index in [-0.39, 0.29) is 11.9 Å². The Labute approximate surface area is 113 Å². The fraction of sp³-hybridized carbons (Fsp3) is 0.273. The van der Waals surface area contributed by atoms with Crippen LogP contribution in [0.15, 0.2) is 31.0 Å². The van der Waals surface area contributed by atoms with Crippen molar-refractivity contribution in [2.24, 2.45) is 0 Å². The van der Waals surface area contributed by atoms with Crippen LogP contribution in [0.25, 0.3) is 5.82 Å². The van der Waals surface area contributed by atoms with Crippen molar-refractivity contribution in [2.45, 2.75) is 6.04 Å². The third-order valence-corrected chi connectivity index (χ3v) is 3.65. The third kappa shape index (κ3) is 2.59. The number of anilines is 1. The first-order valence-corrected chi connectivity index (χ1v) is 6.92. The standard InChI is InChI=1S/C11H12N6OS/c18-11(9-4-19-7-14-9)16-8-2-1-3-13-10(8)17-6-12-5-15-17/h1-3,5-6,9,14H,4,7H2,(H,16,18). The lowest BCUT2D eigenvalue weighted by Gasteiger charge is -2.12. The van der Waals surface area contributed by atoms with E-state index in [0.29, 0.717) is 11.5 Å². The number of aromatic nitrogens is 4. The molecule has 0 spiro atoms. The molecule has 1 saturated heterocycles. The van der Waals surface area contributed by atoms with E-state index >= 15 is 0 Å². The second-order valence-electron chi connectivity index (χ2n) is 3.98. The Kier molecular flexibility index (Phi) is 3.43. The number of carbonyl (C=O) groups excluding carboxylic acids is 1. The smallest absolute Gasteiger partial charge is 0.242 e. The molecule has 0 bridgehead atoms. The molecule has 1 aliphatic heterocycles. The van der Waals surface area contributed by atoms with Crippen LogP contribution in [0.3, 0.4) is 0 Å². The molecule has 1 atom stereocenters. The third-order valence-electron chi connectivity index (χ3n) is 2.71. The molecule has 98 valence electrons. The van der Waals surface area contributed by atoms with Crippen LogP contribution in [0, 0.1) is 0 Å². The maximum absolute atomic E-state index is 12.1. The first-order valence-electron chi connectivity index (χ1n) is 5.76. The highest BCUT2D eigenvalue weighted by Crippen LogP contribution is 2.17. The maximum atomic E-state index is 12.1. The lowest BCUT2D eigenvalue weighted by atomic mass is 10.3. The average Bonchev–Trinajstić information content (AvgIpc) is 3.13. The van der Waals surface area contributed by atoms with Gasteiger partial charge in [0.1, 0.15) is 12.7 Å². The number of carbonyl (C=O) groups is 1. The minimum absolute atomic E-state index is 0.0561. The van der Waals surface area contributed by atoms with Gasteiger partial charge in [0.25, 0.3) is 0 Å². The molecule has 8 heteroatoms. The first kappa shape index (κ1) is 12.1. The molecule has 0 saturated carbocycles. The zero-order chi connectivity index (χ0) is 13.1. The number of thioether (sulfide) groups is 1. The van der Waals surface area contributed by atoms with Crippen molar-refractivity contribution in [3.8, 4) is 5.82 Å². The molecule has 1 fully saturated rings. The zero-order valence-electron chi connectivity index (χ0n) is 9.98. The van der Waals surface area contributed by atoms with Crippen molar-refractivity contribution in [1.29, 1.82) is 0 Å². The topological polar surface area (TPSA) is 84.7 Å². The van der Waals surface area contributed by atoms with Crippen molar-refractivity contribution >= 4 is 23.4 Å². The second-order valence-corrected chi connectivity index (χ2v) is 5.01. The Hall–Kier alpha value is -1.93. The first-order chi connectivity index (χ1) is 9.34. The number of hydrogen-bond acceptors (Lipinski definition) is 6.